The molecule has 17 heavy (non-hydrogen) atoms. The van der Waals surface area contributed by atoms with Crippen molar-refractivity contribution >= 4 is 23.2 Å². The first kappa shape index (κ1) is 13.6. The van der Waals surface area contributed by atoms with E-state index < -0.39 is 5.97 Å². The fraction of sp³-hybridized carbons (Fsp3) is 0.500. The van der Waals surface area contributed by atoms with Gasteiger partial charge in [-0.3, -0.25) is 4.79 Å². The molecule has 7 heteroatoms. The van der Waals surface area contributed by atoms with Gasteiger partial charge in [0.15, 0.2) is 0 Å². The highest BCUT2D eigenvalue weighted by Gasteiger charge is 2.18. The first-order valence-corrected chi connectivity index (χ1v) is 5.97. The topological polar surface area (TPSA) is 79.7 Å². The van der Waals surface area contributed by atoms with E-state index in [0.717, 1.165) is 11.3 Å². The summed E-state index contributed by atoms with van der Waals surface area (Å²) < 4.78 is 4.77. The van der Waals surface area contributed by atoms with Crippen LogP contribution in [0.1, 0.15) is 27.2 Å². The van der Waals surface area contributed by atoms with Gasteiger partial charge in [0.25, 0.3) is 5.91 Å². The lowest BCUT2D eigenvalue weighted by Gasteiger charge is -2.13. The molecule has 1 N–H and O–H groups in total. The molecule has 1 aromatic heterocycles. The van der Waals surface area contributed by atoms with Crippen LogP contribution in [0.5, 0.6) is 0 Å². The van der Waals surface area contributed by atoms with Crippen molar-refractivity contribution in [3.63, 3.8) is 0 Å². The molecule has 94 valence electrons. The van der Waals surface area contributed by atoms with Crippen molar-refractivity contribution < 1.29 is 19.4 Å². The molecule has 6 nitrogen and oxygen atoms in total. The van der Waals surface area contributed by atoms with Gasteiger partial charge in [0.2, 0.25) is 5.01 Å². The second-order valence-corrected chi connectivity index (χ2v) is 4.07. The number of nitrogens with zero attached hydrogens (tertiary/aromatic N) is 2. The zero-order valence-electron chi connectivity index (χ0n) is 9.67. The first-order valence-electron chi connectivity index (χ1n) is 5.09. The molecule has 1 aromatic rings. The Kier molecular flexibility index (Phi) is 5.05. The van der Waals surface area contributed by atoms with Crippen LogP contribution in [-0.4, -0.2) is 53.7 Å². The highest BCUT2D eigenvalue weighted by molar-refractivity contribution is 7.11. The SMILES string of the molecule is CCOC(=O)c1nc(C(=O)N(C)CCO)cs1. The molecule has 0 saturated carbocycles. The van der Waals surface area contributed by atoms with Crippen molar-refractivity contribution in [2.75, 3.05) is 26.8 Å². The van der Waals surface area contributed by atoms with Gasteiger partial charge in [0.1, 0.15) is 5.69 Å². The lowest BCUT2D eigenvalue weighted by atomic mass is 10.4. The van der Waals surface area contributed by atoms with E-state index in [4.69, 9.17) is 9.84 Å². The van der Waals surface area contributed by atoms with E-state index in [1.165, 1.54) is 10.3 Å². The smallest absolute Gasteiger partial charge is 0.367 e. The number of rotatable bonds is 5. The van der Waals surface area contributed by atoms with E-state index in [0.29, 0.717) is 0 Å². The van der Waals surface area contributed by atoms with Crippen molar-refractivity contribution in [1.82, 2.24) is 9.88 Å². The Hall–Kier alpha value is -1.47. The quantitative estimate of drug-likeness (QED) is 0.772. The zero-order chi connectivity index (χ0) is 12.8. The minimum Gasteiger partial charge on any atom is -0.461 e. The number of aliphatic hydroxyl groups is 1. The van der Waals surface area contributed by atoms with Gasteiger partial charge in [0, 0.05) is 19.0 Å². The molecule has 0 atom stereocenters. The summed E-state index contributed by atoms with van der Waals surface area (Å²) in [6.45, 7) is 2.08. The monoisotopic (exact) mass is 258 g/mol. The molecule has 0 saturated heterocycles. The minimum atomic E-state index is -0.527. The number of carbonyl (C=O) groups is 2. The number of aromatic nitrogens is 1. The number of aliphatic hydroxyl groups excluding tert-OH is 1. The number of ether oxygens (including phenoxy) is 1. The van der Waals surface area contributed by atoms with Gasteiger partial charge in [-0.05, 0) is 6.92 Å². The van der Waals surface area contributed by atoms with Crippen LogP contribution in [0.25, 0.3) is 0 Å². The number of hydrogen-bond donors (Lipinski definition) is 1. The molecule has 0 bridgehead atoms. The van der Waals surface area contributed by atoms with Crippen LogP contribution in [0.15, 0.2) is 5.38 Å². The van der Waals surface area contributed by atoms with Crippen molar-refractivity contribution in [3.8, 4) is 0 Å². The van der Waals surface area contributed by atoms with Crippen LogP contribution in [0.4, 0.5) is 0 Å². The zero-order valence-corrected chi connectivity index (χ0v) is 10.5. The maximum atomic E-state index is 11.7. The van der Waals surface area contributed by atoms with Crippen molar-refractivity contribution in [2.24, 2.45) is 0 Å². The van der Waals surface area contributed by atoms with Gasteiger partial charge in [-0.1, -0.05) is 0 Å². The summed E-state index contributed by atoms with van der Waals surface area (Å²) in [5.41, 5.74) is 0.189. The number of likely N-dealkylation sites (N-methyl/N-ethyl adjacent to an activating group) is 1. The normalized spacial score (nSPS) is 10.1. The Balaban J connectivity index is 2.74. The number of carbonyl (C=O) groups excluding carboxylic acids is 2. The standard InChI is InChI=1S/C10H14N2O4S/c1-3-16-10(15)8-11-7(6-17-8)9(14)12(2)4-5-13/h6,13H,3-5H2,1-2H3. The predicted molar refractivity (Wildman–Crippen MR) is 62.1 cm³/mol. The molecule has 1 rings (SSSR count). The Morgan fingerprint density at radius 3 is 2.88 bits per heavy atom. The Morgan fingerprint density at radius 1 is 1.59 bits per heavy atom. The van der Waals surface area contributed by atoms with Gasteiger partial charge >= 0.3 is 5.97 Å². The number of thiazole rings is 1. The van der Waals surface area contributed by atoms with Gasteiger partial charge in [-0.15, -0.1) is 11.3 Å². The van der Waals surface area contributed by atoms with E-state index in [9.17, 15) is 9.59 Å². The molecular formula is C10H14N2O4S. The van der Waals surface area contributed by atoms with E-state index >= 15 is 0 Å². The number of hydrogen-bond acceptors (Lipinski definition) is 6. The highest BCUT2D eigenvalue weighted by atomic mass is 32.1. The van der Waals surface area contributed by atoms with Gasteiger partial charge in [-0.2, -0.15) is 0 Å². The van der Waals surface area contributed by atoms with E-state index in [1.54, 1.807) is 14.0 Å². The summed E-state index contributed by atoms with van der Waals surface area (Å²) in [7, 11) is 1.56. The average molecular weight is 258 g/mol. The molecule has 1 heterocycles. The molecule has 0 spiro atoms. The van der Waals surface area contributed by atoms with Gasteiger partial charge in [0.05, 0.1) is 13.2 Å². The van der Waals surface area contributed by atoms with Crippen molar-refractivity contribution in [2.45, 2.75) is 6.92 Å². The third kappa shape index (κ3) is 3.50. The van der Waals surface area contributed by atoms with Crippen molar-refractivity contribution in [3.05, 3.63) is 16.1 Å². The highest BCUT2D eigenvalue weighted by Crippen LogP contribution is 2.12. The summed E-state index contributed by atoms with van der Waals surface area (Å²) in [6.07, 6.45) is 0. The average Bonchev–Trinajstić information content (AvgIpc) is 2.78. The third-order valence-corrected chi connectivity index (χ3v) is 2.78. The number of esters is 1. The van der Waals surface area contributed by atoms with E-state index in [2.05, 4.69) is 4.98 Å². The summed E-state index contributed by atoms with van der Waals surface area (Å²) in [5.74, 6) is -0.854. The van der Waals surface area contributed by atoms with E-state index in [1.807, 2.05) is 0 Å². The lowest BCUT2D eigenvalue weighted by Crippen LogP contribution is -2.29. The molecule has 0 fully saturated rings. The van der Waals surface area contributed by atoms with Crippen LogP contribution in [0.3, 0.4) is 0 Å². The lowest BCUT2D eigenvalue weighted by molar-refractivity contribution is 0.0525. The largest absolute Gasteiger partial charge is 0.461 e. The Morgan fingerprint density at radius 2 is 2.29 bits per heavy atom. The third-order valence-electron chi connectivity index (χ3n) is 1.96. The number of amides is 1. The predicted octanol–water partition coefficient (Wildman–Crippen LogP) is 0.384. The first-order chi connectivity index (χ1) is 8.10. The summed E-state index contributed by atoms with van der Waals surface area (Å²) in [4.78, 5) is 28.3. The van der Waals surface area contributed by atoms with Gasteiger partial charge in [-0.25, -0.2) is 9.78 Å². The molecule has 0 unspecified atom stereocenters. The summed E-state index contributed by atoms with van der Waals surface area (Å²) in [5, 5.41) is 10.4. The van der Waals surface area contributed by atoms with Crippen LogP contribution in [-0.2, 0) is 4.74 Å². The molecular weight excluding hydrogens is 244 g/mol. The summed E-state index contributed by atoms with van der Waals surface area (Å²) >= 11 is 1.07. The van der Waals surface area contributed by atoms with Crippen molar-refractivity contribution in [1.29, 1.82) is 0 Å². The van der Waals surface area contributed by atoms with Gasteiger partial charge < -0.3 is 14.7 Å². The fourth-order valence-corrected chi connectivity index (χ4v) is 1.79. The molecule has 1 amide bonds. The Bertz CT molecular complexity index is 405. The van der Waals surface area contributed by atoms with Crippen LogP contribution in [0, 0.1) is 0 Å². The molecule has 0 aliphatic heterocycles. The molecule has 0 aromatic carbocycles. The maximum absolute atomic E-state index is 11.7. The van der Waals surface area contributed by atoms with Crippen LogP contribution >= 0.6 is 11.3 Å². The molecule has 0 aliphatic carbocycles. The second kappa shape index (κ2) is 6.31. The van der Waals surface area contributed by atoms with Crippen LogP contribution < -0.4 is 0 Å². The second-order valence-electron chi connectivity index (χ2n) is 3.21. The maximum Gasteiger partial charge on any atom is 0.367 e. The summed E-state index contributed by atoms with van der Waals surface area (Å²) in [6, 6.07) is 0. The Labute approximate surface area is 103 Å². The molecule has 0 aliphatic rings. The fourth-order valence-electron chi connectivity index (χ4n) is 1.11. The van der Waals surface area contributed by atoms with E-state index in [-0.39, 0.29) is 36.4 Å². The van der Waals surface area contributed by atoms with Crippen LogP contribution in [0.2, 0.25) is 0 Å². The minimum absolute atomic E-state index is 0.114. The molecule has 0 radical (unpaired) electrons.